The molecule has 0 unspecified atom stereocenters. The second kappa shape index (κ2) is 5.85. The van der Waals surface area contributed by atoms with Crippen molar-refractivity contribution in [3.8, 4) is 0 Å². The minimum Gasteiger partial charge on any atom is -0.479 e. The van der Waals surface area contributed by atoms with Gasteiger partial charge in [-0.3, -0.25) is 4.90 Å². The Labute approximate surface area is 136 Å². The van der Waals surface area contributed by atoms with Crippen molar-refractivity contribution < 1.29 is 24.2 Å². The number of amides is 1. The van der Waals surface area contributed by atoms with Crippen LogP contribution < -0.4 is 0 Å². The van der Waals surface area contributed by atoms with Crippen LogP contribution in [-0.4, -0.2) is 39.5 Å². The zero-order chi connectivity index (χ0) is 17.4. The summed E-state index contributed by atoms with van der Waals surface area (Å²) in [4.78, 5) is 25.6. The van der Waals surface area contributed by atoms with Gasteiger partial charge in [-0.1, -0.05) is 30.3 Å². The molecule has 1 heterocycles. The van der Waals surface area contributed by atoms with Gasteiger partial charge in [0.05, 0.1) is 0 Å². The van der Waals surface area contributed by atoms with Crippen LogP contribution in [0.5, 0.6) is 0 Å². The largest absolute Gasteiger partial charge is 0.479 e. The van der Waals surface area contributed by atoms with Crippen LogP contribution in [0.25, 0.3) is 0 Å². The third-order valence-electron chi connectivity index (χ3n) is 3.54. The molecule has 1 N–H and O–H groups in total. The number of rotatable bonds is 2. The summed E-state index contributed by atoms with van der Waals surface area (Å²) in [7, 11) is 0. The number of ether oxygens (including phenoxy) is 2. The van der Waals surface area contributed by atoms with E-state index < -0.39 is 35.5 Å². The number of hydrogen-bond donors (Lipinski definition) is 1. The van der Waals surface area contributed by atoms with Gasteiger partial charge in [-0.2, -0.15) is 0 Å². The first-order chi connectivity index (χ1) is 10.5. The predicted octanol–water partition coefficient (Wildman–Crippen LogP) is 3.18. The van der Waals surface area contributed by atoms with Gasteiger partial charge in [0.25, 0.3) is 0 Å². The number of carboxylic acids is 1. The lowest BCUT2D eigenvalue weighted by atomic mass is 10.0. The molecule has 1 aliphatic heterocycles. The summed E-state index contributed by atoms with van der Waals surface area (Å²) in [5.74, 6) is -1.11. The Bertz CT molecular complexity index is 591. The van der Waals surface area contributed by atoms with E-state index >= 15 is 0 Å². The molecule has 6 heteroatoms. The lowest BCUT2D eigenvalue weighted by molar-refractivity contribution is -0.155. The first kappa shape index (κ1) is 17.3. The molecule has 6 nitrogen and oxygen atoms in total. The van der Waals surface area contributed by atoms with Gasteiger partial charge in [-0.25, -0.2) is 9.59 Å². The lowest BCUT2D eigenvalue weighted by Crippen LogP contribution is -2.47. The number of carbonyl (C=O) groups is 2. The molecule has 1 aromatic carbocycles. The minimum absolute atomic E-state index is 0.597. The third-order valence-corrected chi connectivity index (χ3v) is 3.54. The molecule has 1 aliphatic rings. The molecular weight excluding hydrogens is 298 g/mol. The molecule has 1 amide bonds. The van der Waals surface area contributed by atoms with Crippen LogP contribution >= 0.6 is 0 Å². The third kappa shape index (κ3) is 3.64. The summed E-state index contributed by atoms with van der Waals surface area (Å²) in [6.07, 6.45) is -1.75. The number of aliphatic carboxylic acids is 1. The molecule has 0 saturated carbocycles. The normalized spacial score (nSPS) is 23.6. The van der Waals surface area contributed by atoms with Gasteiger partial charge in [-0.05, 0) is 40.2 Å². The highest BCUT2D eigenvalue weighted by atomic mass is 16.6. The minimum atomic E-state index is -1.15. The van der Waals surface area contributed by atoms with Crippen molar-refractivity contribution in [2.45, 2.75) is 58.1 Å². The Morgan fingerprint density at radius 2 is 1.78 bits per heavy atom. The fraction of sp³-hybridized carbons (Fsp3) is 0.529. The SMILES string of the molecule is CC(C)(C)OC(=O)N1[C@@H](c2ccccc2)[C@H](C(=O)O)OC1(C)C. The molecule has 1 aromatic rings. The molecule has 0 aromatic heterocycles. The summed E-state index contributed by atoms with van der Waals surface area (Å²) in [6.45, 7) is 8.62. The Hall–Kier alpha value is -2.08. The Morgan fingerprint density at radius 3 is 2.26 bits per heavy atom. The van der Waals surface area contributed by atoms with E-state index in [1.165, 1.54) is 4.90 Å². The summed E-state index contributed by atoms with van der Waals surface area (Å²) in [6, 6.07) is 8.24. The molecule has 1 fully saturated rings. The topological polar surface area (TPSA) is 76.1 Å². The van der Waals surface area contributed by atoms with E-state index in [0.29, 0.717) is 5.56 Å². The Kier molecular flexibility index (Phi) is 4.39. The molecule has 2 atom stereocenters. The smallest absolute Gasteiger partial charge is 0.413 e. The van der Waals surface area contributed by atoms with Gasteiger partial charge >= 0.3 is 12.1 Å². The molecule has 0 radical (unpaired) electrons. The summed E-state index contributed by atoms with van der Waals surface area (Å²) in [5, 5.41) is 9.51. The summed E-state index contributed by atoms with van der Waals surface area (Å²) >= 11 is 0. The molecular formula is C17H23NO5. The van der Waals surface area contributed by atoms with Gasteiger partial charge < -0.3 is 14.6 Å². The molecule has 1 saturated heterocycles. The molecule has 0 aliphatic carbocycles. The van der Waals surface area contributed by atoms with Crippen molar-refractivity contribution in [2.75, 3.05) is 0 Å². The fourth-order valence-corrected chi connectivity index (χ4v) is 2.71. The number of carbonyl (C=O) groups excluding carboxylic acids is 1. The molecule has 2 rings (SSSR count). The van der Waals surface area contributed by atoms with E-state index in [4.69, 9.17) is 9.47 Å². The summed E-state index contributed by atoms with van der Waals surface area (Å²) < 4.78 is 11.1. The Balaban J connectivity index is 2.46. The second-order valence-corrected chi connectivity index (χ2v) is 7.03. The number of carboxylic acid groups (broad SMARTS) is 1. The van der Waals surface area contributed by atoms with Gasteiger partial charge in [0.2, 0.25) is 0 Å². The molecule has 0 bridgehead atoms. The van der Waals surface area contributed by atoms with Crippen LogP contribution in [0.3, 0.4) is 0 Å². The zero-order valence-electron chi connectivity index (χ0n) is 14.1. The van der Waals surface area contributed by atoms with Crippen LogP contribution in [0.1, 0.15) is 46.2 Å². The van der Waals surface area contributed by atoms with E-state index in [-0.39, 0.29) is 0 Å². The number of hydrogen-bond acceptors (Lipinski definition) is 4. The van der Waals surface area contributed by atoms with E-state index in [9.17, 15) is 14.7 Å². The van der Waals surface area contributed by atoms with Crippen molar-refractivity contribution in [1.82, 2.24) is 4.90 Å². The lowest BCUT2D eigenvalue weighted by Gasteiger charge is -2.35. The average Bonchev–Trinajstić information content (AvgIpc) is 2.69. The van der Waals surface area contributed by atoms with Gasteiger partial charge in [0.1, 0.15) is 17.4 Å². The highest BCUT2D eigenvalue weighted by Gasteiger charge is 2.54. The maximum Gasteiger partial charge on any atom is 0.413 e. The number of benzene rings is 1. The Morgan fingerprint density at radius 1 is 1.22 bits per heavy atom. The maximum absolute atomic E-state index is 12.7. The molecule has 126 valence electrons. The first-order valence-corrected chi connectivity index (χ1v) is 7.51. The van der Waals surface area contributed by atoms with Crippen LogP contribution in [0.4, 0.5) is 4.79 Å². The van der Waals surface area contributed by atoms with Crippen LogP contribution in [-0.2, 0) is 14.3 Å². The molecule has 23 heavy (non-hydrogen) atoms. The zero-order valence-corrected chi connectivity index (χ0v) is 14.1. The van der Waals surface area contributed by atoms with Crippen molar-refractivity contribution >= 4 is 12.1 Å². The number of nitrogens with zero attached hydrogens (tertiary/aromatic N) is 1. The van der Waals surface area contributed by atoms with Crippen molar-refractivity contribution in [1.29, 1.82) is 0 Å². The quantitative estimate of drug-likeness (QED) is 0.905. The standard InChI is InChI=1S/C17H23NO5/c1-16(2,3)23-15(21)18-12(11-9-7-6-8-10-11)13(14(19)20)22-17(18,4)5/h6-10,12-13H,1-5H3,(H,19,20)/t12-,13+/m0/s1. The van der Waals surface area contributed by atoms with Crippen molar-refractivity contribution in [3.05, 3.63) is 35.9 Å². The first-order valence-electron chi connectivity index (χ1n) is 7.51. The van der Waals surface area contributed by atoms with Gasteiger partial charge in [0.15, 0.2) is 6.10 Å². The van der Waals surface area contributed by atoms with Gasteiger partial charge in [0, 0.05) is 0 Å². The highest BCUT2D eigenvalue weighted by molar-refractivity contribution is 5.78. The van der Waals surface area contributed by atoms with Crippen LogP contribution in [0.2, 0.25) is 0 Å². The monoisotopic (exact) mass is 321 g/mol. The summed E-state index contributed by atoms with van der Waals surface area (Å²) in [5.41, 5.74) is -1.09. The fourth-order valence-electron chi connectivity index (χ4n) is 2.71. The molecule has 0 spiro atoms. The van der Waals surface area contributed by atoms with E-state index in [2.05, 4.69) is 0 Å². The van der Waals surface area contributed by atoms with Crippen LogP contribution in [0, 0.1) is 0 Å². The second-order valence-electron chi connectivity index (χ2n) is 7.03. The van der Waals surface area contributed by atoms with Crippen molar-refractivity contribution in [3.63, 3.8) is 0 Å². The highest BCUT2D eigenvalue weighted by Crippen LogP contribution is 2.42. The van der Waals surface area contributed by atoms with Gasteiger partial charge in [-0.15, -0.1) is 0 Å². The van der Waals surface area contributed by atoms with E-state index in [1.807, 2.05) is 6.07 Å². The van der Waals surface area contributed by atoms with Crippen LogP contribution in [0.15, 0.2) is 30.3 Å². The average molecular weight is 321 g/mol. The van der Waals surface area contributed by atoms with Crippen molar-refractivity contribution in [2.24, 2.45) is 0 Å². The predicted molar refractivity (Wildman–Crippen MR) is 83.8 cm³/mol. The van der Waals surface area contributed by atoms with E-state index in [1.54, 1.807) is 58.9 Å². The maximum atomic E-state index is 12.7. The van der Waals surface area contributed by atoms with E-state index in [0.717, 1.165) is 0 Å².